The maximum absolute atomic E-state index is 10.9. The third-order valence-electron chi connectivity index (χ3n) is 1.91. The molecule has 0 amide bonds. The third-order valence-corrected chi connectivity index (χ3v) is 3.42. The lowest BCUT2D eigenvalue weighted by molar-refractivity contribution is 0.0685. The molecule has 17 heavy (non-hydrogen) atoms. The van der Waals surface area contributed by atoms with Gasteiger partial charge in [-0.2, -0.15) is 0 Å². The Bertz CT molecular complexity index is 563. The van der Waals surface area contributed by atoms with Crippen LogP contribution < -0.4 is 0 Å². The predicted octanol–water partition coefficient (Wildman–Crippen LogP) is 2.98. The van der Waals surface area contributed by atoms with Crippen molar-refractivity contribution in [3.05, 3.63) is 47.4 Å². The second-order valence-corrected chi connectivity index (χ2v) is 4.49. The Morgan fingerprint density at radius 1 is 1.24 bits per heavy atom. The number of hydrogen-bond donors (Lipinski definition) is 1. The summed E-state index contributed by atoms with van der Waals surface area (Å²) in [5.74, 6) is -1.10. The van der Waals surface area contributed by atoms with Crippen LogP contribution >= 0.6 is 23.4 Å². The van der Waals surface area contributed by atoms with Crippen molar-refractivity contribution >= 4 is 29.3 Å². The van der Waals surface area contributed by atoms with E-state index in [0.717, 1.165) is 4.90 Å². The molecule has 2 aromatic rings. The molecule has 1 aromatic heterocycles. The Labute approximate surface area is 107 Å². The molecule has 6 heteroatoms. The summed E-state index contributed by atoms with van der Waals surface area (Å²) in [5, 5.41) is 9.85. The van der Waals surface area contributed by atoms with Gasteiger partial charge in [0, 0.05) is 17.3 Å². The van der Waals surface area contributed by atoms with Crippen molar-refractivity contribution in [1.29, 1.82) is 0 Å². The largest absolute Gasteiger partial charge is 0.476 e. The number of carboxylic acids is 1. The Hall–Kier alpha value is -1.59. The number of rotatable bonds is 3. The van der Waals surface area contributed by atoms with Gasteiger partial charge in [0.1, 0.15) is 5.03 Å². The highest BCUT2D eigenvalue weighted by atomic mass is 35.5. The van der Waals surface area contributed by atoms with Gasteiger partial charge < -0.3 is 5.11 Å². The summed E-state index contributed by atoms with van der Waals surface area (Å²) in [6.07, 6.45) is 2.80. The van der Waals surface area contributed by atoms with Crippen LogP contribution in [-0.4, -0.2) is 21.0 Å². The third kappa shape index (κ3) is 2.75. The minimum Gasteiger partial charge on any atom is -0.476 e. The van der Waals surface area contributed by atoms with Gasteiger partial charge in [0.2, 0.25) is 0 Å². The van der Waals surface area contributed by atoms with Crippen molar-refractivity contribution in [2.75, 3.05) is 0 Å². The number of aromatic carboxylic acids is 1. The molecule has 0 aliphatic rings. The Morgan fingerprint density at radius 3 is 2.65 bits per heavy atom. The van der Waals surface area contributed by atoms with Crippen LogP contribution in [0.3, 0.4) is 0 Å². The van der Waals surface area contributed by atoms with E-state index < -0.39 is 5.97 Å². The molecule has 0 unspecified atom stereocenters. The second kappa shape index (κ2) is 5.16. The summed E-state index contributed by atoms with van der Waals surface area (Å²) in [5.41, 5.74) is -0.0718. The molecule has 0 fully saturated rings. The van der Waals surface area contributed by atoms with Crippen LogP contribution in [0.15, 0.2) is 46.6 Å². The standard InChI is InChI=1S/C11H7ClN2O2S/c12-7-3-1-2-4-8(7)17-10-9(11(15)16)13-5-6-14-10/h1-6H,(H,15,16). The van der Waals surface area contributed by atoms with Crippen LogP contribution in [-0.2, 0) is 0 Å². The lowest BCUT2D eigenvalue weighted by Crippen LogP contribution is -2.03. The molecule has 0 aliphatic carbocycles. The first-order chi connectivity index (χ1) is 8.18. The van der Waals surface area contributed by atoms with Crippen molar-refractivity contribution in [2.24, 2.45) is 0 Å². The molecule has 0 saturated carbocycles. The van der Waals surface area contributed by atoms with Gasteiger partial charge in [0.25, 0.3) is 0 Å². The predicted molar refractivity (Wildman–Crippen MR) is 64.6 cm³/mol. The lowest BCUT2D eigenvalue weighted by Gasteiger charge is -2.04. The van der Waals surface area contributed by atoms with E-state index in [1.165, 1.54) is 24.2 Å². The second-order valence-electron chi connectivity index (χ2n) is 3.05. The van der Waals surface area contributed by atoms with Gasteiger partial charge >= 0.3 is 5.97 Å². The zero-order chi connectivity index (χ0) is 12.3. The smallest absolute Gasteiger partial charge is 0.357 e. The number of halogens is 1. The Kier molecular flexibility index (Phi) is 3.61. The van der Waals surface area contributed by atoms with Gasteiger partial charge in [0.05, 0.1) is 5.02 Å². The summed E-state index contributed by atoms with van der Waals surface area (Å²) >= 11 is 7.17. The number of nitrogens with zero attached hydrogens (tertiary/aromatic N) is 2. The summed E-state index contributed by atoms with van der Waals surface area (Å²) in [6, 6.07) is 7.17. The summed E-state index contributed by atoms with van der Waals surface area (Å²) in [4.78, 5) is 19.5. The van der Waals surface area contributed by atoms with Crippen molar-refractivity contribution in [1.82, 2.24) is 9.97 Å². The van der Waals surface area contributed by atoms with Crippen LogP contribution in [0.1, 0.15) is 10.5 Å². The van der Waals surface area contributed by atoms with Crippen molar-refractivity contribution in [2.45, 2.75) is 9.92 Å². The SMILES string of the molecule is O=C(O)c1nccnc1Sc1ccccc1Cl. The van der Waals surface area contributed by atoms with Gasteiger partial charge in [0.15, 0.2) is 5.69 Å². The van der Waals surface area contributed by atoms with E-state index in [4.69, 9.17) is 16.7 Å². The quantitative estimate of drug-likeness (QED) is 0.925. The van der Waals surface area contributed by atoms with E-state index in [-0.39, 0.29) is 5.69 Å². The van der Waals surface area contributed by atoms with Crippen molar-refractivity contribution in [3.63, 3.8) is 0 Å². The van der Waals surface area contributed by atoms with Crippen LogP contribution in [0, 0.1) is 0 Å². The molecule has 0 aliphatic heterocycles. The zero-order valence-electron chi connectivity index (χ0n) is 8.50. The summed E-state index contributed by atoms with van der Waals surface area (Å²) in [6.45, 7) is 0. The van der Waals surface area contributed by atoms with Crippen LogP contribution in [0.2, 0.25) is 5.02 Å². The van der Waals surface area contributed by atoms with Crippen molar-refractivity contribution in [3.8, 4) is 0 Å². The molecule has 1 heterocycles. The molecule has 0 saturated heterocycles. The minimum atomic E-state index is -1.10. The number of carbonyl (C=O) groups is 1. The zero-order valence-corrected chi connectivity index (χ0v) is 10.1. The number of hydrogen-bond acceptors (Lipinski definition) is 4. The molecule has 2 rings (SSSR count). The maximum atomic E-state index is 10.9. The first-order valence-electron chi connectivity index (χ1n) is 4.65. The molecule has 86 valence electrons. The highest BCUT2D eigenvalue weighted by Crippen LogP contribution is 2.32. The number of aromatic nitrogens is 2. The topological polar surface area (TPSA) is 63.1 Å². The molecule has 0 atom stereocenters. The maximum Gasteiger partial charge on any atom is 0.357 e. The molecular formula is C11H7ClN2O2S. The lowest BCUT2D eigenvalue weighted by atomic mass is 10.4. The minimum absolute atomic E-state index is 0.0718. The average molecular weight is 267 g/mol. The van der Waals surface area contributed by atoms with E-state index in [1.807, 2.05) is 6.07 Å². The van der Waals surface area contributed by atoms with Gasteiger partial charge in [-0.3, -0.25) is 0 Å². The summed E-state index contributed by atoms with van der Waals surface area (Å²) < 4.78 is 0. The molecule has 0 bridgehead atoms. The van der Waals surface area contributed by atoms with E-state index in [0.29, 0.717) is 10.0 Å². The highest BCUT2D eigenvalue weighted by molar-refractivity contribution is 7.99. The normalized spacial score (nSPS) is 10.2. The van der Waals surface area contributed by atoms with E-state index in [9.17, 15) is 4.79 Å². The fourth-order valence-electron chi connectivity index (χ4n) is 1.18. The molecule has 0 spiro atoms. The molecule has 0 radical (unpaired) electrons. The van der Waals surface area contributed by atoms with E-state index >= 15 is 0 Å². The van der Waals surface area contributed by atoms with Gasteiger partial charge in [-0.25, -0.2) is 14.8 Å². The molecular weight excluding hydrogens is 260 g/mol. The van der Waals surface area contributed by atoms with E-state index in [2.05, 4.69) is 9.97 Å². The number of carboxylic acid groups (broad SMARTS) is 1. The van der Waals surface area contributed by atoms with Gasteiger partial charge in [-0.15, -0.1) is 0 Å². The van der Waals surface area contributed by atoms with Gasteiger partial charge in [-0.1, -0.05) is 35.5 Å². The molecule has 4 nitrogen and oxygen atoms in total. The average Bonchev–Trinajstić information content (AvgIpc) is 2.32. The fourth-order valence-corrected chi connectivity index (χ4v) is 2.30. The molecule has 1 N–H and O–H groups in total. The van der Waals surface area contributed by atoms with Crippen LogP contribution in [0.5, 0.6) is 0 Å². The van der Waals surface area contributed by atoms with Gasteiger partial charge in [-0.05, 0) is 12.1 Å². The summed E-state index contributed by atoms with van der Waals surface area (Å²) in [7, 11) is 0. The van der Waals surface area contributed by atoms with Crippen LogP contribution in [0.25, 0.3) is 0 Å². The first kappa shape index (κ1) is 11.9. The highest BCUT2D eigenvalue weighted by Gasteiger charge is 2.14. The fraction of sp³-hybridized carbons (Fsp3) is 0. The molecule has 1 aromatic carbocycles. The Balaban J connectivity index is 2.37. The Morgan fingerprint density at radius 2 is 1.94 bits per heavy atom. The van der Waals surface area contributed by atoms with Crippen molar-refractivity contribution < 1.29 is 9.90 Å². The first-order valence-corrected chi connectivity index (χ1v) is 5.84. The van der Waals surface area contributed by atoms with E-state index in [1.54, 1.807) is 18.2 Å². The monoisotopic (exact) mass is 266 g/mol. The number of benzene rings is 1. The van der Waals surface area contributed by atoms with Crippen LogP contribution in [0.4, 0.5) is 0 Å².